The molecule has 0 aromatic rings. The first-order valence-electron chi connectivity index (χ1n) is 6.05. The highest BCUT2D eigenvalue weighted by molar-refractivity contribution is 5.91. The molecule has 1 saturated carbocycles. The van der Waals surface area contributed by atoms with Crippen molar-refractivity contribution in [2.45, 2.75) is 32.7 Å². The minimum Gasteiger partial charge on any atom is -0.481 e. The van der Waals surface area contributed by atoms with Gasteiger partial charge < -0.3 is 15.2 Å². The van der Waals surface area contributed by atoms with Gasteiger partial charge in [-0.25, -0.2) is 0 Å². The normalized spacial score (nSPS) is 31.9. The van der Waals surface area contributed by atoms with Crippen LogP contribution in [0.3, 0.4) is 0 Å². The molecule has 1 aliphatic carbocycles. The zero-order valence-corrected chi connectivity index (χ0v) is 10.2. The summed E-state index contributed by atoms with van der Waals surface area (Å²) in [4.78, 5) is 23.0. The van der Waals surface area contributed by atoms with Crippen LogP contribution in [0.4, 0.5) is 0 Å². The summed E-state index contributed by atoms with van der Waals surface area (Å²) in [5, 5.41) is 12.0. The number of ether oxygens (including phenoxy) is 1. The summed E-state index contributed by atoms with van der Waals surface area (Å²) in [7, 11) is 0. The second-order valence-electron chi connectivity index (χ2n) is 5.51. The molecule has 5 heteroatoms. The van der Waals surface area contributed by atoms with E-state index >= 15 is 0 Å². The number of carbonyl (C=O) groups is 2. The molecule has 1 heterocycles. The molecule has 0 aromatic heterocycles. The van der Waals surface area contributed by atoms with Crippen molar-refractivity contribution >= 4 is 11.9 Å². The monoisotopic (exact) mass is 241 g/mol. The Morgan fingerprint density at radius 2 is 1.82 bits per heavy atom. The Bertz CT molecular complexity index is 333. The maximum atomic E-state index is 12.0. The van der Waals surface area contributed by atoms with E-state index in [9.17, 15) is 9.59 Å². The fourth-order valence-corrected chi connectivity index (χ4v) is 2.72. The lowest BCUT2D eigenvalue weighted by atomic mass is 10.1. The fraction of sp³-hybridized carbons (Fsp3) is 0.833. The molecule has 0 unspecified atom stereocenters. The molecule has 2 atom stereocenters. The molecule has 0 radical (unpaired) electrons. The van der Waals surface area contributed by atoms with E-state index in [1.165, 1.54) is 0 Å². The molecular weight excluding hydrogens is 222 g/mol. The van der Waals surface area contributed by atoms with Gasteiger partial charge in [-0.15, -0.1) is 0 Å². The smallest absolute Gasteiger partial charge is 0.307 e. The van der Waals surface area contributed by atoms with Gasteiger partial charge in [-0.2, -0.15) is 0 Å². The van der Waals surface area contributed by atoms with Crippen LogP contribution in [-0.2, 0) is 14.3 Å². The van der Waals surface area contributed by atoms with E-state index in [2.05, 4.69) is 5.32 Å². The van der Waals surface area contributed by atoms with Crippen LogP contribution in [0.1, 0.15) is 26.7 Å². The van der Waals surface area contributed by atoms with Gasteiger partial charge in [0.2, 0.25) is 5.91 Å². The van der Waals surface area contributed by atoms with Crippen LogP contribution in [0.25, 0.3) is 0 Å². The number of carboxylic acid groups (broad SMARTS) is 1. The van der Waals surface area contributed by atoms with E-state index in [0.29, 0.717) is 13.2 Å². The van der Waals surface area contributed by atoms with Gasteiger partial charge in [0.1, 0.15) is 0 Å². The number of hydrogen-bond acceptors (Lipinski definition) is 3. The highest BCUT2D eigenvalue weighted by Crippen LogP contribution is 2.58. The van der Waals surface area contributed by atoms with E-state index < -0.39 is 17.3 Å². The Labute approximate surface area is 101 Å². The minimum absolute atomic E-state index is 0.116. The van der Waals surface area contributed by atoms with Gasteiger partial charge in [-0.1, -0.05) is 13.8 Å². The van der Waals surface area contributed by atoms with E-state index in [4.69, 9.17) is 9.84 Å². The zero-order valence-electron chi connectivity index (χ0n) is 10.2. The third-order valence-electron chi connectivity index (χ3n) is 3.94. The number of carboxylic acids is 1. The lowest BCUT2D eigenvalue weighted by Crippen LogP contribution is -2.40. The summed E-state index contributed by atoms with van der Waals surface area (Å²) in [5.41, 5.74) is -0.416. The van der Waals surface area contributed by atoms with Gasteiger partial charge in [-0.05, 0) is 18.3 Å². The van der Waals surface area contributed by atoms with Gasteiger partial charge in [-0.3, -0.25) is 9.59 Å². The molecule has 1 aliphatic heterocycles. The highest BCUT2D eigenvalue weighted by atomic mass is 16.5. The van der Waals surface area contributed by atoms with Crippen LogP contribution in [0.5, 0.6) is 0 Å². The van der Waals surface area contributed by atoms with E-state index in [1.807, 2.05) is 13.8 Å². The number of amides is 1. The molecule has 2 aliphatic rings. The van der Waals surface area contributed by atoms with Crippen molar-refractivity contribution in [3.05, 3.63) is 0 Å². The van der Waals surface area contributed by atoms with E-state index in [-0.39, 0.29) is 17.9 Å². The number of carbonyl (C=O) groups excluding carboxylic acids is 1. The predicted octanol–water partition coefficient (Wildman–Crippen LogP) is 0.638. The Morgan fingerprint density at radius 1 is 1.24 bits per heavy atom. The van der Waals surface area contributed by atoms with Crippen molar-refractivity contribution in [2.75, 3.05) is 13.2 Å². The first kappa shape index (κ1) is 12.4. The average molecular weight is 241 g/mol. The maximum Gasteiger partial charge on any atom is 0.307 e. The Hall–Kier alpha value is -1.10. The molecule has 1 saturated heterocycles. The largest absolute Gasteiger partial charge is 0.481 e. The SMILES string of the molecule is CC1(C)[C@H](C(=O)O)[C@@H]1C(=O)NC1CCOCC1. The van der Waals surface area contributed by atoms with Crippen molar-refractivity contribution < 1.29 is 19.4 Å². The Kier molecular flexibility index (Phi) is 3.12. The minimum atomic E-state index is -0.873. The van der Waals surface area contributed by atoms with Gasteiger partial charge >= 0.3 is 5.97 Å². The maximum absolute atomic E-state index is 12.0. The third-order valence-corrected chi connectivity index (χ3v) is 3.94. The second kappa shape index (κ2) is 4.29. The van der Waals surface area contributed by atoms with E-state index in [1.54, 1.807) is 0 Å². The molecule has 0 bridgehead atoms. The molecule has 96 valence electrons. The van der Waals surface area contributed by atoms with Crippen LogP contribution < -0.4 is 5.32 Å². The van der Waals surface area contributed by atoms with Crippen LogP contribution in [-0.4, -0.2) is 36.2 Å². The van der Waals surface area contributed by atoms with Gasteiger partial charge in [0.05, 0.1) is 11.8 Å². The summed E-state index contributed by atoms with van der Waals surface area (Å²) in [6.45, 7) is 5.00. The second-order valence-corrected chi connectivity index (χ2v) is 5.51. The Morgan fingerprint density at radius 3 is 2.29 bits per heavy atom. The quantitative estimate of drug-likeness (QED) is 0.760. The third kappa shape index (κ3) is 2.29. The number of nitrogens with one attached hydrogen (secondary N) is 1. The van der Waals surface area contributed by atoms with Crippen molar-refractivity contribution in [1.82, 2.24) is 5.32 Å². The first-order valence-corrected chi connectivity index (χ1v) is 6.05. The molecule has 17 heavy (non-hydrogen) atoms. The zero-order chi connectivity index (χ0) is 12.6. The number of rotatable bonds is 3. The van der Waals surface area contributed by atoms with Gasteiger partial charge in [0.25, 0.3) is 0 Å². The standard InChI is InChI=1S/C12H19NO4/c1-12(2)8(9(12)11(15)16)10(14)13-7-3-5-17-6-4-7/h7-9H,3-6H2,1-2H3,(H,13,14)(H,15,16)/t8-,9+/m1/s1. The van der Waals surface area contributed by atoms with Gasteiger partial charge in [0.15, 0.2) is 0 Å². The van der Waals surface area contributed by atoms with Crippen LogP contribution in [0, 0.1) is 17.3 Å². The van der Waals surface area contributed by atoms with Gasteiger partial charge in [0, 0.05) is 19.3 Å². The molecule has 1 amide bonds. The summed E-state index contributed by atoms with van der Waals surface area (Å²) in [6.07, 6.45) is 1.63. The Balaban J connectivity index is 1.90. The van der Waals surface area contributed by atoms with Crippen molar-refractivity contribution in [3.63, 3.8) is 0 Å². The van der Waals surface area contributed by atoms with Crippen LogP contribution in [0.15, 0.2) is 0 Å². The number of aliphatic carboxylic acids is 1. The summed E-state index contributed by atoms with van der Waals surface area (Å²) >= 11 is 0. The topological polar surface area (TPSA) is 75.6 Å². The predicted molar refractivity (Wildman–Crippen MR) is 60.4 cm³/mol. The molecule has 2 fully saturated rings. The molecule has 2 rings (SSSR count). The number of hydrogen-bond donors (Lipinski definition) is 2. The summed E-state index contributed by atoms with van der Waals surface area (Å²) < 4.78 is 5.21. The first-order chi connectivity index (χ1) is 7.94. The average Bonchev–Trinajstić information content (AvgIpc) is 2.83. The lowest BCUT2D eigenvalue weighted by Gasteiger charge is -2.23. The van der Waals surface area contributed by atoms with Crippen molar-refractivity contribution in [3.8, 4) is 0 Å². The van der Waals surface area contributed by atoms with Crippen LogP contribution >= 0.6 is 0 Å². The highest BCUT2D eigenvalue weighted by Gasteiger charge is 2.65. The molecule has 0 spiro atoms. The molecule has 2 N–H and O–H groups in total. The van der Waals surface area contributed by atoms with Crippen molar-refractivity contribution in [1.29, 1.82) is 0 Å². The summed E-state index contributed by atoms with van der Waals surface area (Å²) in [6, 6.07) is 0.141. The summed E-state index contributed by atoms with van der Waals surface area (Å²) in [5.74, 6) is -1.92. The van der Waals surface area contributed by atoms with Crippen molar-refractivity contribution in [2.24, 2.45) is 17.3 Å². The molecular formula is C12H19NO4. The molecule has 5 nitrogen and oxygen atoms in total. The fourth-order valence-electron chi connectivity index (χ4n) is 2.72. The van der Waals surface area contributed by atoms with Crippen LogP contribution in [0.2, 0.25) is 0 Å². The molecule has 0 aromatic carbocycles. The lowest BCUT2D eigenvalue weighted by molar-refractivity contribution is -0.140. The van der Waals surface area contributed by atoms with E-state index in [0.717, 1.165) is 12.8 Å².